The van der Waals surface area contributed by atoms with Gasteiger partial charge in [-0.05, 0) is 45.0 Å². The molecule has 4 rings (SSSR count). The van der Waals surface area contributed by atoms with Crippen molar-refractivity contribution in [3.63, 3.8) is 0 Å². The smallest absolute Gasteiger partial charge is 0.490 e. The van der Waals surface area contributed by atoms with E-state index < -0.39 is 29.9 Å². The number of halogens is 3. The molecule has 1 atom stereocenters. The van der Waals surface area contributed by atoms with Crippen LogP contribution in [-0.2, 0) is 9.53 Å². The molecule has 1 aliphatic heterocycles. The Labute approximate surface area is 239 Å². The van der Waals surface area contributed by atoms with Crippen LogP contribution >= 0.6 is 0 Å². The molecule has 1 fully saturated rings. The number of carboxylic acids is 1. The quantitative estimate of drug-likeness (QED) is 0.416. The number of rotatable bonds is 6. The zero-order valence-electron chi connectivity index (χ0n) is 23.0. The monoisotopic (exact) mass is 593 g/mol. The highest BCUT2D eigenvalue weighted by molar-refractivity contribution is 5.93. The number of oxazole rings is 1. The number of amides is 2. The molecule has 1 unspecified atom stereocenters. The number of carboxylic acid groups (broad SMARTS) is 1. The van der Waals surface area contributed by atoms with Gasteiger partial charge in [-0.3, -0.25) is 9.78 Å². The predicted molar refractivity (Wildman–Crippen MR) is 142 cm³/mol. The number of nitrogens with one attached hydrogen (secondary N) is 1. The number of ether oxygens (including phenoxy) is 2. The molecule has 1 aromatic carbocycles. The Morgan fingerprint density at radius 1 is 1.10 bits per heavy atom. The molecule has 1 aliphatic rings. The minimum Gasteiger partial charge on any atom is -0.490 e. The summed E-state index contributed by atoms with van der Waals surface area (Å²) in [6, 6.07) is 12.8. The van der Waals surface area contributed by atoms with Crippen molar-refractivity contribution in [3.05, 3.63) is 66.8 Å². The summed E-state index contributed by atoms with van der Waals surface area (Å²) >= 11 is 0. The number of aromatic nitrogens is 2. The fourth-order valence-corrected chi connectivity index (χ4v) is 3.60. The molecule has 2 aromatic heterocycles. The number of hydrogen-bond donors (Lipinski definition) is 2. The maximum absolute atomic E-state index is 13.4. The molecule has 1 saturated heterocycles. The number of anilines is 2. The van der Waals surface area contributed by atoms with Gasteiger partial charge < -0.3 is 34.1 Å². The average molecular weight is 594 g/mol. The Bertz CT molecular complexity index is 1330. The fraction of sp³-hybridized carbons (Fsp3) is 0.370. The average Bonchev–Trinajstić information content (AvgIpc) is 3.40. The Morgan fingerprint density at radius 3 is 2.38 bits per heavy atom. The summed E-state index contributed by atoms with van der Waals surface area (Å²) in [4.78, 5) is 46.5. The summed E-state index contributed by atoms with van der Waals surface area (Å²) in [7, 11) is 0. The molecule has 0 aliphatic carbocycles. The molecule has 15 heteroatoms. The van der Waals surface area contributed by atoms with E-state index in [9.17, 15) is 22.8 Å². The van der Waals surface area contributed by atoms with Gasteiger partial charge in [-0.25, -0.2) is 9.59 Å². The molecule has 2 amide bonds. The van der Waals surface area contributed by atoms with Crippen LogP contribution in [0.15, 0.2) is 65.5 Å². The molecule has 0 bridgehead atoms. The minimum absolute atomic E-state index is 0.167. The highest BCUT2D eigenvalue weighted by Gasteiger charge is 2.38. The van der Waals surface area contributed by atoms with E-state index >= 15 is 0 Å². The third-order valence-electron chi connectivity index (χ3n) is 5.46. The third kappa shape index (κ3) is 9.67. The van der Waals surface area contributed by atoms with Crippen LogP contribution in [0.3, 0.4) is 0 Å². The van der Waals surface area contributed by atoms with Gasteiger partial charge in [0.15, 0.2) is 5.69 Å². The lowest BCUT2D eigenvalue weighted by atomic mass is 10.1. The predicted octanol–water partition coefficient (Wildman–Crippen LogP) is 4.59. The van der Waals surface area contributed by atoms with Crippen LogP contribution in [-0.4, -0.2) is 86.9 Å². The van der Waals surface area contributed by atoms with E-state index in [4.69, 9.17) is 23.8 Å². The van der Waals surface area contributed by atoms with Crippen LogP contribution in [0.2, 0.25) is 0 Å². The van der Waals surface area contributed by atoms with Crippen molar-refractivity contribution in [2.75, 3.05) is 31.6 Å². The van der Waals surface area contributed by atoms with Crippen molar-refractivity contribution in [3.8, 4) is 5.75 Å². The van der Waals surface area contributed by atoms with E-state index in [0.29, 0.717) is 18.8 Å². The maximum atomic E-state index is 13.4. The first-order chi connectivity index (χ1) is 19.7. The molecule has 3 heterocycles. The van der Waals surface area contributed by atoms with E-state index in [2.05, 4.69) is 15.3 Å². The van der Waals surface area contributed by atoms with Crippen LogP contribution < -0.4 is 10.1 Å². The Morgan fingerprint density at radius 2 is 1.79 bits per heavy atom. The zero-order valence-corrected chi connectivity index (χ0v) is 23.0. The van der Waals surface area contributed by atoms with E-state index in [1.807, 2.05) is 51.1 Å². The molecular formula is C27H30F3N5O7. The number of aliphatic carboxylic acids is 1. The summed E-state index contributed by atoms with van der Waals surface area (Å²) in [6.07, 6.45) is -0.932. The van der Waals surface area contributed by atoms with Gasteiger partial charge in [0.1, 0.15) is 24.2 Å². The molecule has 0 saturated carbocycles. The molecule has 3 aromatic rings. The van der Waals surface area contributed by atoms with E-state index in [0.717, 1.165) is 5.69 Å². The minimum atomic E-state index is -5.08. The standard InChI is InChI=1S/C25H29N5O5.C2HF3O2/c1-25(2,3)35-24(32)29-12-13-30(19(15-29)16-33-20-10-7-11-26-14-20)22(31)21-17-34-23(28-21)27-18-8-5-4-6-9-18;3-2(4,5)1(6)7/h4-11,14,17,19H,12-13,15-16H2,1-3H3,(H,27,28);(H,6,7). The topological polar surface area (TPSA) is 147 Å². The Balaban J connectivity index is 0.000000616. The second kappa shape index (κ2) is 13.7. The number of piperazine rings is 1. The van der Waals surface area contributed by atoms with Crippen LogP contribution in [0.4, 0.5) is 29.7 Å². The summed E-state index contributed by atoms with van der Waals surface area (Å²) in [6.45, 7) is 6.51. The number of benzene rings is 1. The first-order valence-corrected chi connectivity index (χ1v) is 12.6. The number of carbonyl (C=O) groups is 3. The van der Waals surface area contributed by atoms with Gasteiger partial charge in [-0.2, -0.15) is 18.2 Å². The number of hydrogen-bond acceptors (Lipinski definition) is 9. The van der Waals surface area contributed by atoms with Crippen molar-refractivity contribution >= 4 is 29.7 Å². The largest absolute Gasteiger partial charge is 0.490 e. The van der Waals surface area contributed by atoms with Crippen molar-refractivity contribution in [2.24, 2.45) is 0 Å². The number of carbonyl (C=O) groups excluding carboxylic acids is 2. The first-order valence-electron chi connectivity index (χ1n) is 12.6. The van der Waals surface area contributed by atoms with E-state index in [1.165, 1.54) is 6.26 Å². The van der Waals surface area contributed by atoms with Crippen LogP contribution in [0.1, 0.15) is 31.3 Å². The van der Waals surface area contributed by atoms with Crippen molar-refractivity contribution in [1.82, 2.24) is 19.8 Å². The molecular weight excluding hydrogens is 563 g/mol. The molecule has 12 nitrogen and oxygen atoms in total. The van der Waals surface area contributed by atoms with Crippen molar-refractivity contribution in [2.45, 2.75) is 38.6 Å². The summed E-state index contributed by atoms with van der Waals surface area (Å²) in [5.41, 5.74) is 0.344. The van der Waals surface area contributed by atoms with Crippen LogP contribution in [0, 0.1) is 0 Å². The highest BCUT2D eigenvalue weighted by atomic mass is 19.4. The molecule has 0 spiro atoms. The van der Waals surface area contributed by atoms with Gasteiger partial charge in [-0.15, -0.1) is 0 Å². The lowest BCUT2D eigenvalue weighted by molar-refractivity contribution is -0.192. The number of para-hydroxylation sites is 1. The SMILES string of the molecule is CC(C)(C)OC(=O)N1CCN(C(=O)c2coc(Nc3ccccc3)n2)C(COc2cccnc2)C1.O=C(O)C(F)(F)F. The van der Waals surface area contributed by atoms with Gasteiger partial charge in [-0.1, -0.05) is 18.2 Å². The molecule has 42 heavy (non-hydrogen) atoms. The van der Waals surface area contributed by atoms with Crippen molar-refractivity contribution in [1.29, 1.82) is 0 Å². The van der Waals surface area contributed by atoms with Gasteiger partial charge in [0.05, 0.1) is 12.2 Å². The molecule has 0 radical (unpaired) electrons. The maximum Gasteiger partial charge on any atom is 0.490 e. The van der Waals surface area contributed by atoms with Gasteiger partial charge in [0, 0.05) is 31.5 Å². The molecule has 2 N–H and O–H groups in total. The Kier molecular flexibility index (Phi) is 10.3. The number of alkyl halides is 3. The number of nitrogens with zero attached hydrogens (tertiary/aromatic N) is 4. The Hall–Kier alpha value is -4.82. The summed E-state index contributed by atoms with van der Waals surface area (Å²) in [5.74, 6) is -2.49. The van der Waals surface area contributed by atoms with E-state index in [-0.39, 0.29) is 30.8 Å². The van der Waals surface area contributed by atoms with E-state index in [1.54, 1.807) is 34.3 Å². The third-order valence-corrected chi connectivity index (χ3v) is 5.46. The van der Waals surface area contributed by atoms with Crippen LogP contribution in [0.5, 0.6) is 5.75 Å². The summed E-state index contributed by atoms with van der Waals surface area (Å²) < 4.78 is 48.6. The lowest BCUT2D eigenvalue weighted by Gasteiger charge is -2.41. The highest BCUT2D eigenvalue weighted by Crippen LogP contribution is 2.21. The van der Waals surface area contributed by atoms with Crippen molar-refractivity contribution < 1.29 is 46.6 Å². The lowest BCUT2D eigenvalue weighted by Crippen LogP contribution is -2.59. The summed E-state index contributed by atoms with van der Waals surface area (Å²) in [5, 5.41) is 10.2. The van der Waals surface area contributed by atoms with Crippen LogP contribution in [0.25, 0.3) is 0 Å². The zero-order chi connectivity index (χ0) is 30.9. The molecule has 226 valence electrons. The second-order valence-electron chi connectivity index (χ2n) is 9.91. The number of pyridine rings is 1. The first kappa shape index (κ1) is 31.7. The van der Waals surface area contributed by atoms with Gasteiger partial charge in [0.25, 0.3) is 11.9 Å². The van der Waals surface area contributed by atoms with Gasteiger partial charge >= 0.3 is 18.2 Å². The van der Waals surface area contributed by atoms with Gasteiger partial charge in [0.2, 0.25) is 0 Å². The second-order valence-corrected chi connectivity index (χ2v) is 9.91. The normalized spacial score (nSPS) is 15.2. The fourth-order valence-electron chi connectivity index (χ4n) is 3.60.